The van der Waals surface area contributed by atoms with E-state index < -0.39 is 6.23 Å². The first-order valence-corrected chi connectivity index (χ1v) is 5.64. The quantitative estimate of drug-likeness (QED) is 0.812. The molecule has 1 N–H and O–H groups in total. The van der Waals surface area contributed by atoms with Crippen molar-refractivity contribution in [3.63, 3.8) is 0 Å². The van der Waals surface area contributed by atoms with Crippen LogP contribution in [-0.2, 0) is 0 Å². The van der Waals surface area contributed by atoms with Gasteiger partial charge in [-0.1, -0.05) is 11.6 Å². The Balaban J connectivity index is 2.01. The van der Waals surface area contributed by atoms with Gasteiger partial charge < -0.3 is 10.0 Å². The molecular weight excluding hydrogens is 228 g/mol. The van der Waals surface area contributed by atoms with E-state index in [1.807, 2.05) is 4.90 Å². The average Bonchev–Trinajstić information content (AvgIpc) is 2.30. The number of aromatic nitrogens is 2. The van der Waals surface area contributed by atoms with Crippen LogP contribution >= 0.6 is 11.6 Å². The first kappa shape index (κ1) is 11.7. The zero-order valence-electron chi connectivity index (χ0n) is 9.17. The zero-order chi connectivity index (χ0) is 11.5. The van der Waals surface area contributed by atoms with Crippen LogP contribution in [0.5, 0.6) is 0 Å². The van der Waals surface area contributed by atoms with Gasteiger partial charge in [-0.15, -0.1) is 10.2 Å². The van der Waals surface area contributed by atoms with Crippen molar-refractivity contribution in [1.29, 1.82) is 0 Å². The van der Waals surface area contributed by atoms with E-state index in [9.17, 15) is 5.11 Å². The van der Waals surface area contributed by atoms with Gasteiger partial charge in [-0.05, 0) is 19.2 Å². The second kappa shape index (κ2) is 5.05. The summed E-state index contributed by atoms with van der Waals surface area (Å²) in [5.41, 5.74) is 0.550. The van der Waals surface area contributed by atoms with Crippen molar-refractivity contribution >= 4 is 11.6 Å². The smallest absolute Gasteiger partial charge is 0.152 e. The van der Waals surface area contributed by atoms with Gasteiger partial charge in [0, 0.05) is 26.2 Å². The average molecular weight is 243 g/mol. The lowest BCUT2D eigenvalue weighted by Gasteiger charge is -2.34. The van der Waals surface area contributed by atoms with Crippen molar-refractivity contribution < 1.29 is 5.11 Å². The highest BCUT2D eigenvalue weighted by Crippen LogP contribution is 2.17. The fourth-order valence-corrected chi connectivity index (χ4v) is 1.82. The maximum Gasteiger partial charge on any atom is 0.152 e. The second-order valence-corrected chi connectivity index (χ2v) is 4.38. The van der Waals surface area contributed by atoms with Crippen LogP contribution < -0.4 is 0 Å². The van der Waals surface area contributed by atoms with Crippen molar-refractivity contribution in [1.82, 2.24) is 20.0 Å². The van der Waals surface area contributed by atoms with Gasteiger partial charge in [0.15, 0.2) is 11.4 Å². The molecule has 2 heterocycles. The number of nitrogens with zero attached hydrogens (tertiary/aromatic N) is 4. The summed E-state index contributed by atoms with van der Waals surface area (Å²) in [6.07, 6.45) is -0.682. The Morgan fingerprint density at radius 3 is 2.50 bits per heavy atom. The summed E-state index contributed by atoms with van der Waals surface area (Å²) in [5, 5.41) is 18.0. The van der Waals surface area contributed by atoms with Gasteiger partial charge in [0.25, 0.3) is 0 Å². The van der Waals surface area contributed by atoms with E-state index in [1.165, 1.54) is 0 Å². The molecule has 2 rings (SSSR count). The van der Waals surface area contributed by atoms with Crippen LogP contribution in [0, 0.1) is 0 Å². The molecule has 16 heavy (non-hydrogen) atoms. The van der Waals surface area contributed by atoms with Crippen molar-refractivity contribution in [2.75, 3.05) is 33.2 Å². The lowest BCUT2D eigenvalue weighted by Crippen LogP contribution is -2.46. The van der Waals surface area contributed by atoms with Gasteiger partial charge in [-0.25, -0.2) is 0 Å². The molecule has 1 aliphatic rings. The Labute approximate surface area is 99.6 Å². The summed E-state index contributed by atoms with van der Waals surface area (Å²) in [5.74, 6) is 0. The Hall–Kier alpha value is -0.750. The molecule has 1 aromatic heterocycles. The maximum absolute atomic E-state index is 10.1. The van der Waals surface area contributed by atoms with E-state index in [0.29, 0.717) is 10.8 Å². The highest BCUT2D eigenvalue weighted by Gasteiger charge is 2.22. The van der Waals surface area contributed by atoms with Crippen LogP contribution in [-0.4, -0.2) is 58.3 Å². The van der Waals surface area contributed by atoms with Gasteiger partial charge in [0.05, 0.1) is 0 Å². The van der Waals surface area contributed by atoms with Crippen LogP contribution in [0.4, 0.5) is 0 Å². The Morgan fingerprint density at radius 1 is 1.25 bits per heavy atom. The number of hydrogen-bond donors (Lipinski definition) is 1. The minimum absolute atomic E-state index is 0.342. The maximum atomic E-state index is 10.1. The van der Waals surface area contributed by atoms with Gasteiger partial charge >= 0.3 is 0 Å². The molecule has 0 bridgehead atoms. The number of halogens is 1. The summed E-state index contributed by atoms with van der Waals surface area (Å²) in [6, 6.07) is 3.35. The van der Waals surface area contributed by atoms with Gasteiger partial charge in [0.2, 0.25) is 0 Å². The van der Waals surface area contributed by atoms with E-state index in [0.717, 1.165) is 26.2 Å². The lowest BCUT2D eigenvalue weighted by molar-refractivity contribution is -0.0264. The van der Waals surface area contributed by atoms with Crippen LogP contribution in [0.15, 0.2) is 12.1 Å². The molecular formula is C10H15ClN4O. The SMILES string of the molecule is CN1CCN(C(O)c2ccc(Cl)nn2)CC1. The summed E-state index contributed by atoms with van der Waals surface area (Å²) in [7, 11) is 2.08. The number of likely N-dealkylation sites (N-methyl/N-ethyl adjacent to an activating group) is 1. The molecule has 0 spiro atoms. The Morgan fingerprint density at radius 2 is 1.94 bits per heavy atom. The highest BCUT2D eigenvalue weighted by molar-refractivity contribution is 6.29. The van der Waals surface area contributed by atoms with Crippen LogP contribution in [0.2, 0.25) is 5.15 Å². The molecule has 5 nitrogen and oxygen atoms in total. The van der Waals surface area contributed by atoms with Gasteiger partial charge in [-0.2, -0.15) is 0 Å². The number of piperazine rings is 1. The van der Waals surface area contributed by atoms with E-state index in [2.05, 4.69) is 22.1 Å². The predicted molar refractivity (Wildman–Crippen MR) is 61.1 cm³/mol. The van der Waals surface area contributed by atoms with Gasteiger partial charge in [-0.3, -0.25) is 4.90 Å². The van der Waals surface area contributed by atoms with Crippen LogP contribution in [0.1, 0.15) is 11.9 Å². The molecule has 0 radical (unpaired) electrons. The third-order valence-electron chi connectivity index (χ3n) is 2.80. The normalized spacial score (nSPS) is 20.9. The van der Waals surface area contributed by atoms with E-state index >= 15 is 0 Å². The molecule has 0 saturated carbocycles. The largest absolute Gasteiger partial charge is 0.372 e. The fourth-order valence-electron chi connectivity index (χ4n) is 1.72. The van der Waals surface area contributed by atoms with Crippen molar-refractivity contribution in [2.24, 2.45) is 0 Å². The first-order chi connectivity index (χ1) is 7.66. The molecule has 0 aliphatic carbocycles. The third kappa shape index (κ3) is 2.68. The summed E-state index contributed by atoms with van der Waals surface area (Å²) < 4.78 is 0. The van der Waals surface area contributed by atoms with E-state index in [-0.39, 0.29) is 0 Å². The molecule has 1 fully saturated rings. The van der Waals surface area contributed by atoms with Crippen molar-refractivity contribution in [3.8, 4) is 0 Å². The lowest BCUT2D eigenvalue weighted by atomic mass is 10.2. The number of hydrogen-bond acceptors (Lipinski definition) is 5. The number of aliphatic hydroxyl groups is 1. The molecule has 0 amide bonds. The summed E-state index contributed by atoms with van der Waals surface area (Å²) in [6.45, 7) is 3.58. The summed E-state index contributed by atoms with van der Waals surface area (Å²) >= 11 is 5.65. The fraction of sp³-hybridized carbons (Fsp3) is 0.600. The minimum Gasteiger partial charge on any atom is -0.372 e. The van der Waals surface area contributed by atoms with E-state index in [1.54, 1.807) is 12.1 Å². The Kier molecular flexibility index (Phi) is 3.70. The van der Waals surface area contributed by atoms with E-state index in [4.69, 9.17) is 11.6 Å². The predicted octanol–water partition coefficient (Wildman–Crippen LogP) is 0.368. The summed E-state index contributed by atoms with van der Waals surface area (Å²) in [4.78, 5) is 4.22. The molecule has 1 unspecified atom stereocenters. The molecule has 6 heteroatoms. The van der Waals surface area contributed by atoms with Gasteiger partial charge in [0.1, 0.15) is 5.69 Å². The molecule has 1 atom stereocenters. The molecule has 1 aliphatic heterocycles. The molecule has 1 saturated heterocycles. The highest BCUT2D eigenvalue weighted by atomic mass is 35.5. The molecule has 0 aromatic carbocycles. The van der Waals surface area contributed by atoms with Crippen molar-refractivity contribution in [2.45, 2.75) is 6.23 Å². The number of aliphatic hydroxyl groups excluding tert-OH is 1. The van der Waals surface area contributed by atoms with Crippen molar-refractivity contribution in [3.05, 3.63) is 23.0 Å². The van der Waals surface area contributed by atoms with Crippen LogP contribution in [0.25, 0.3) is 0 Å². The molecule has 1 aromatic rings. The second-order valence-electron chi connectivity index (χ2n) is 3.99. The van der Waals surface area contributed by atoms with Crippen LogP contribution in [0.3, 0.4) is 0 Å². The zero-order valence-corrected chi connectivity index (χ0v) is 9.93. The number of rotatable bonds is 2. The first-order valence-electron chi connectivity index (χ1n) is 5.26. The standard InChI is InChI=1S/C10H15ClN4O/c1-14-4-6-15(7-5-14)10(16)8-2-3-9(11)13-12-8/h2-3,10,16H,4-7H2,1H3. The third-order valence-corrected chi connectivity index (χ3v) is 3.00. The molecule has 88 valence electrons. The monoisotopic (exact) mass is 242 g/mol. The topological polar surface area (TPSA) is 52.5 Å². The minimum atomic E-state index is -0.682. The Bertz CT molecular complexity index is 337.